The maximum absolute atomic E-state index is 12.7. The molecule has 3 heterocycles. The summed E-state index contributed by atoms with van der Waals surface area (Å²) in [6, 6.07) is 5.75. The molecule has 3 saturated heterocycles. The van der Waals surface area contributed by atoms with Gasteiger partial charge in [0.1, 0.15) is 0 Å². The van der Waals surface area contributed by atoms with Crippen LogP contribution in [0.3, 0.4) is 0 Å². The first-order valence-electron chi connectivity index (χ1n) is 12.5. The molecule has 37 heavy (non-hydrogen) atoms. The van der Waals surface area contributed by atoms with Crippen LogP contribution >= 0.6 is 11.6 Å². The Hall–Kier alpha value is -1.76. The summed E-state index contributed by atoms with van der Waals surface area (Å²) in [4.78, 5) is 17.9. The molecule has 8 nitrogen and oxygen atoms in total. The average molecular weight is 567 g/mol. The second-order valence-corrected chi connectivity index (χ2v) is 12.6. The number of rotatable bonds is 5. The molecule has 0 aromatic heterocycles. The fourth-order valence-corrected chi connectivity index (χ4v) is 7.29. The lowest BCUT2D eigenvalue weighted by molar-refractivity contribution is -0.200. The standard InChI is InChI=1S/C24H34ClF3N4O4S/c1-18(24(26,27)28)36-22(33)31-14-12-29(13-15-31)17-19-4-5-20(25)16-21(19)30-10-7-23(8-11-30)6-3-9-32(23)37(2,34)35/h4-5,16,18H,3,6-15,17H2,1-2H3. The van der Waals surface area contributed by atoms with Gasteiger partial charge in [-0.1, -0.05) is 17.7 Å². The van der Waals surface area contributed by atoms with Gasteiger partial charge in [0.25, 0.3) is 0 Å². The number of hydrogen-bond acceptors (Lipinski definition) is 6. The van der Waals surface area contributed by atoms with Crippen LogP contribution in [-0.2, 0) is 21.3 Å². The molecule has 1 unspecified atom stereocenters. The summed E-state index contributed by atoms with van der Waals surface area (Å²) in [7, 11) is -3.26. The molecule has 3 aliphatic heterocycles. The summed E-state index contributed by atoms with van der Waals surface area (Å²) in [6.45, 7) is 5.01. The van der Waals surface area contributed by atoms with Gasteiger partial charge in [-0.3, -0.25) is 4.90 Å². The van der Waals surface area contributed by atoms with Gasteiger partial charge in [-0.15, -0.1) is 0 Å². The van der Waals surface area contributed by atoms with Crippen LogP contribution in [0.4, 0.5) is 23.7 Å². The van der Waals surface area contributed by atoms with Crippen LogP contribution < -0.4 is 4.90 Å². The minimum absolute atomic E-state index is 0.278. The van der Waals surface area contributed by atoms with Crippen LogP contribution in [0.1, 0.15) is 38.2 Å². The van der Waals surface area contributed by atoms with E-state index in [-0.39, 0.29) is 18.6 Å². The van der Waals surface area contributed by atoms with Crippen LogP contribution in [0, 0.1) is 0 Å². The second-order valence-electron chi connectivity index (χ2n) is 10.3. The van der Waals surface area contributed by atoms with E-state index < -0.39 is 28.4 Å². The molecule has 1 aromatic rings. The lowest BCUT2D eigenvalue weighted by Crippen LogP contribution is -2.54. The number of sulfonamides is 1. The van der Waals surface area contributed by atoms with E-state index in [1.54, 1.807) is 4.31 Å². The van der Waals surface area contributed by atoms with Crippen LogP contribution in [0.5, 0.6) is 0 Å². The van der Waals surface area contributed by atoms with Crippen molar-refractivity contribution in [3.8, 4) is 0 Å². The predicted molar refractivity (Wildman–Crippen MR) is 135 cm³/mol. The Balaban J connectivity index is 1.37. The molecule has 0 N–H and O–H groups in total. The summed E-state index contributed by atoms with van der Waals surface area (Å²) < 4.78 is 69.1. The van der Waals surface area contributed by atoms with Crippen molar-refractivity contribution in [2.75, 3.05) is 57.0 Å². The first-order valence-corrected chi connectivity index (χ1v) is 14.8. The minimum Gasteiger partial charge on any atom is -0.437 e. The van der Waals surface area contributed by atoms with E-state index in [4.69, 9.17) is 11.6 Å². The van der Waals surface area contributed by atoms with Crippen molar-refractivity contribution in [1.82, 2.24) is 14.1 Å². The Morgan fingerprint density at radius 3 is 2.32 bits per heavy atom. The number of piperazine rings is 1. The van der Waals surface area contributed by atoms with Gasteiger partial charge >= 0.3 is 12.3 Å². The molecule has 0 radical (unpaired) electrons. The molecule has 1 aromatic carbocycles. The molecule has 4 rings (SSSR count). The molecule has 3 fully saturated rings. The third kappa shape index (κ3) is 6.46. The Morgan fingerprint density at radius 2 is 1.73 bits per heavy atom. The molecule has 1 spiro atoms. The molecule has 3 aliphatic rings. The second kappa shape index (κ2) is 10.8. The Kier molecular flexibility index (Phi) is 8.23. The van der Waals surface area contributed by atoms with Crippen molar-refractivity contribution in [2.45, 2.75) is 57.0 Å². The van der Waals surface area contributed by atoms with Crippen molar-refractivity contribution >= 4 is 33.4 Å². The van der Waals surface area contributed by atoms with E-state index in [0.717, 1.165) is 56.9 Å². The lowest BCUT2D eigenvalue weighted by Gasteiger charge is -2.45. The van der Waals surface area contributed by atoms with Crippen molar-refractivity contribution in [3.05, 3.63) is 28.8 Å². The number of hydrogen-bond donors (Lipinski definition) is 0. The van der Waals surface area contributed by atoms with Gasteiger partial charge in [-0.2, -0.15) is 17.5 Å². The molecule has 1 atom stereocenters. The fraction of sp³-hybridized carbons (Fsp3) is 0.708. The number of anilines is 1. The Labute approximate surface area is 221 Å². The van der Waals surface area contributed by atoms with Gasteiger partial charge < -0.3 is 14.5 Å². The van der Waals surface area contributed by atoms with E-state index in [1.165, 1.54) is 11.2 Å². The van der Waals surface area contributed by atoms with Crippen LogP contribution in [0.15, 0.2) is 18.2 Å². The van der Waals surface area contributed by atoms with E-state index in [2.05, 4.69) is 14.5 Å². The van der Waals surface area contributed by atoms with Crippen molar-refractivity contribution in [3.63, 3.8) is 0 Å². The number of nitrogens with zero attached hydrogens (tertiary/aromatic N) is 4. The Morgan fingerprint density at radius 1 is 1.08 bits per heavy atom. The monoisotopic (exact) mass is 566 g/mol. The number of carbonyl (C=O) groups excluding carboxylic acids is 1. The van der Waals surface area contributed by atoms with E-state index >= 15 is 0 Å². The lowest BCUT2D eigenvalue weighted by atomic mass is 9.86. The molecule has 13 heteroatoms. The summed E-state index contributed by atoms with van der Waals surface area (Å²) >= 11 is 6.34. The Bertz CT molecular complexity index is 1090. The molecule has 0 bridgehead atoms. The van der Waals surface area contributed by atoms with Crippen molar-refractivity contribution in [2.24, 2.45) is 0 Å². The number of piperidine rings is 1. The minimum atomic E-state index is -4.59. The van der Waals surface area contributed by atoms with Crippen LogP contribution in [-0.4, -0.2) is 98.5 Å². The fourth-order valence-electron chi connectivity index (χ4n) is 5.68. The number of halogens is 4. The van der Waals surface area contributed by atoms with Crippen molar-refractivity contribution < 1.29 is 31.1 Å². The zero-order valence-electron chi connectivity index (χ0n) is 21.1. The maximum atomic E-state index is 12.7. The summed E-state index contributed by atoms with van der Waals surface area (Å²) in [5, 5.41) is 0.615. The predicted octanol–water partition coefficient (Wildman–Crippen LogP) is 3.94. The number of benzene rings is 1. The first kappa shape index (κ1) is 28.3. The number of carbonyl (C=O) groups is 1. The maximum Gasteiger partial charge on any atom is 0.425 e. The third-order valence-electron chi connectivity index (χ3n) is 7.78. The molecular weight excluding hydrogens is 533 g/mol. The number of ether oxygens (including phenoxy) is 1. The largest absolute Gasteiger partial charge is 0.437 e. The highest BCUT2D eigenvalue weighted by atomic mass is 35.5. The SMILES string of the molecule is CC(OC(=O)N1CCN(Cc2ccc(Cl)cc2N2CCC3(CCCN3S(C)(=O)=O)CC2)CC1)C(F)(F)F. The topological polar surface area (TPSA) is 73.4 Å². The molecule has 0 aliphatic carbocycles. The van der Waals surface area contributed by atoms with E-state index in [1.807, 2.05) is 18.2 Å². The molecule has 0 saturated carbocycles. The quantitative estimate of drug-likeness (QED) is 0.538. The van der Waals surface area contributed by atoms with Gasteiger partial charge in [0.2, 0.25) is 10.0 Å². The van der Waals surface area contributed by atoms with Crippen LogP contribution in [0.2, 0.25) is 5.02 Å². The summed E-state index contributed by atoms with van der Waals surface area (Å²) in [6.07, 6.45) is -3.13. The van der Waals surface area contributed by atoms with E-state index in [9.17, 15) is 26.4 Å². The number of amides is 1. The van der Waals surface area contributed by atoms with Gasteiger partial charge in [-0.25, -0.2) is 13.2 Å². The molecular formula is C24H34ClF3N4O4S. The zero-order chi connectivity index (χ0) is 27.0. The first-order chi connectivity index (χ1) is 17.3. The van der Waals surface area contributed by atoms with Gasteiger partial charge in [0, 0.05) is 68.6 Å². The zero-order valence-corrected chi connectivity index (χ0v) is 22.7. The van der Waals surface area contributed by atoms with Gasteiger partial charge in [0.05, 0.1) is 6.26 Å². The third-order valence-corrected chi connectivity index (χ3v) is 9.38. The van der Waals surface area contributed by atoms with Gasteiger partial charge in [-0.05, 0) is 50.3 Å². The average Bonchev–Trinajstić information content (AvgIpc) is 3.24. The molecule has 1 amide bonds. The smallest absolute Gasteiger partial charge is 0.425 e. The van der Waals surface area contributed by atoms with E-state index in [0.29, 0.717) is 31.2 Å². The highest BCUT2D eigenvalue weighted by Crippen LogP contribution is 2.41. The summed E-state index contributed by atoms with van der Waals surface area (Å²) in [5.41, 5.74) is 1.76. The highest BCUT2D eigenvalue weighted by Gasteiger charge is 2.47. The van der Waals surface area contributed by atoms with Crippen LogP contribution in [0.25, 0.3) is 0 Å². The normalized spacial score (nSPS) is 22.4. The van der Waals surface area contributed by atoms with Gasteiger partial charge in [0.15, 0.2) is 6.10 Å². The van der Waals surface area contributed by atoms with Crippen molar-refractivity contribution in [1.29, 1.82) is 0 Å². The highest BCUT2D eigenvalue weighted by molar-refractivity contribution is 7.88. The summed E-state index contributed by atoms with van der Waals surface area (Å²) in [5.74, 6) is 0. The number of alkyl halides is 3. The molecule has 208 valence electrons.